The summed E-state index contributed by atoms with van der Waals surface area (Å²) in [5.74, 6) is 2.27. The summed E-state index contributed by atoms with van der Waals surface area (Å²) in [5.41, 5.74) is 0. The maximum absolute atomic E-state index is 5.59. The Labute approximate surface area is 130 Å². The van der Waals surface area contributed by atoms with Crippen LogP contribution in [0.15, 0.2) is 0 Å². The summed E-state index contributed by atoms with van der Waals surface area (Å²) in [4.78, 5) is 13.0. The molecule has 1 aliphatic rings. The van der Waals surface area contributed by atoms with E-state index in [0.717, 1.165) is 5.75 Å². The van der Waals surface area contributed by atoms with Gasteiger partial charge in [-0.2, -0.15) is 26.7 Å². The molecule has 0 amide bonds. The quantitative estimate of drug-likeness (QED) is 0.802. The first kappa shape index (κ1) is 16.1. The molecule has 2 N–H and O–H groups in total. The van der Waals surface area contributed by atoms with Crippen molar-refractivity contribution in [2.45, 2.75) is 57.4 Å². The van der Waals surface area contributed by atoms with E-state index in [2.05, 4.69) is 32.5 Å². The number of anilines is 2. The average Bonchev–Trinajstić information content (AvgIpc) is 2.85. The number of ether oxygens (including phenoxy) is 1. The van der Waals surface area contributed by atoms with Gasteiger partial charge in [-0.3, -0.25) is 0 Å². The first-order valence-corrected chi connectivity index (χ1v) is 8.65. The first-order chi connectivity index (χ1) is 10.1. The Kier molecular flexibility index (Phi) is 5.90. The lowest BCUT2D eigenvalue weighted by Crippen LogP contribution is -2.27. The van der Waals surface area contributed by atoms with E-state index in [1.165, 1.54) is 19.3 Å². The van der Waals surface area contributed by atoms with Crippen LogP contribution in [0.2, 0.25) is 0 Å². The molecule has 0 radical (unpaired) electrons. The molecule has 1 fully saturated rings. The summed E-state index contributed by atoms with van der Waals surface area (Å²) in [6.07, 6.45) is 3.72. The van der Waals surface area contributed by atoms with Crippen molar-refractivity contribution in [1.82, 2.24) is 15.0 Å². The van der Waals surface area contributed by atoms with Crippen molar-refractivity contribution < 1.29 is 4.74 Å². The Morgan fingerprint density at radius 1 is 1.24 bits per heavy atom. The van der Waals surface area contributed by atoms with Gasteiger partial charge in [0.15, 0.2) is 0 Å². The summed E-state index contributed by atoms with van der Waals surface area (Å²) in [5, 5.41) is 7.05. The van der Waals surface area contributed by atoms with Crippen molar-refractivity contribution in [3.05, 3.63) is 0 Å². The number of aromatic nitrogens is 3. The van der Waals surface area contributed by atoms with Gasteiger partial charge in [0, 0.05) is 18.3 Å². The number of hydrogen-bond acceptors (Lipinski definition) is 7. The van der Waals surface area contributed by atoms with E-state index in [1.54, 1.807) is 7.05 Å². The molecule has 0 aliphatic heterocycles. The highest BCUT2D eigenvalue weighted by atomic mass is 32.2. The van der Waals surface area contributed by atoms with Crippen LogP contribution < -0.4 is 15.4 Å². The Hall–Kier alpha value is -1.24. The monoisotopic (exact) mass is 311 g/mol. The molecule has 21 heavy (non-hydrogen) atoms. The highest BCUT2D eigenvalue weighted by Crippen LogP contribution is 2.31. The predicted octanol–water partition coefficient (Wildman–Crippen LogP) is 2.79. The standard InChI is InChI=1S/C14H25N5OS/c1-5-21-11-8-6-7-10(11)16-13-17-12(15-4)18-14(19-13)20-9(2)3/h9-11H,5-8H2,1-4H3,(H2,15,16,17,18,19). The van der Waals surface area contributed by atoms with E-state index < -0.39 is 0 Å². The molecule has 0 spiro atoms. The van der Waals surface area contributed by atoms with Crippen molar-refractivity contribution in [2.24, 2.45) is 0 Å². The Balaban J connectivity index is 2.11. The fourth-order valence-electron chi connectivity index (χ4n) is 2.47. The van der Waals surface area contributed by atoms with Crippen molar-refractivity contribution in [3.8, 4) is 6.01 Å². The number of nitrogens with zero attached hydrogens (tertiary/aromatic N) is 3. The summed E-state index contributed by atoms with van der Waals surface area (Å²) < 4.78 is 5.59. The molecule has 7 heteroatoms. The third-order valence-corrected chi connectivity index (χ3v) is 4.65. The number of hydrogen-bond donors (Lipinski definition) is 2. The molecule has 1 saturated carbocycles. The fraction of sp³-hybridized carbons (Fsp3) is 0.786. The number of nitrogens with one attached hydrogen (secondary N) is 2. The van der Waals surface area contributed by atoms with Crippen molar-refractivity contribution >= 4 is 23.7 Å². The molecule has 1 aromatic rings. The summed E-state index contributed by atoms with van der Waals surface area (Å²) in [7, 11) is 1.80. The van der Waals surface area contributed by atoms with Gasteiger partial charge >= 0.3 is 6.01 Å². The molecule has 1 aliphatic carbocycles. The maximum atomic E-state index is 5.59. The molecule has 6 nitrogen and oxygen atoms in total. The molecule has 0 bridgehead atoms. The zero-order valence-electron chi connectivity index (χ0n) is 13.2. The molecule has 0 saturated heterocycles. The highest BCUT2D eigenvalue weighted by Gasteiger charge is 2.28. The van der Waals surface area contributed by atoms with Crippen LogP contribution in [-0.2, 0) is 0 Å². The van der Waals surface area contributed by atoms with Gasteiger partial charge < -0.3 is 15.4 Å². The third kappa shape index (κ3) is 4.62. The molecule has 2 rings (SSSR count). The van der Waals surface area contributed by atoms with E-state index in [1.807, 2.05) is 25.6 Å². The van der Waals surface area contributed by atoms with Crippen LogP contribution in [-0.4, -0.2) is 45.1 Å². The first-order valence-electron chi connectivity index (χ1n) is 7.61. The minimum atomic E-state index is 0.0415. The molecular formula is C14H25N5OS. The normalized spacial score (nSPS) is 21.6. The second-order valence-corrected chi connectivity index (χ2v) is 6.87. The molecule has 118 valence electrons. The molecule has 0 aromatic carbocycles. The lowest BCUT2D eigenvalue weighted by Gasteiger charge is -2.20. The van der Waals surface area contributed by atoms with Crippen LogP contribution in [0.1, 0.15) is 40.0 Å². The van der Waals surface area contributed by atoms with E-state index in [9.17, 15) is 0 Å². The largest absolute Gasteiger partial charge is 0.461 e. The smallest absolute Gasteiger partial charge is 0.323 e. The third-order valence-electron chi connectivity index (χ3n) is 3.33. The zero-order valence-corrected chi connectivity index (χ0v) is 14.0. The van der Waals surface area contributed by atoms with Crippen molar-refractivity contribution in [3.63, 3.8) is 0 Å². The van der Waals surface area contributed by atoms with E-state index in [4.69, 9.17) is 4.74 Å². The van der Waals surface area contributed by atoms with Gasteiger partial charge in [0.2, 0.25) is 11.9 Å². The van der Waals surface area contributed by atoms with Crippen LogP contribution in [0.5, 0.6) is 6.01 Å². The van der Waals surface area contributed by atoms with E-state index in [0.29, 0.717) is 29.2 Å². The second kappa shape index (κ2) is 7.68. The molecule has 1 heterocycles. The highest BCUT2D eigenvalue weighted by molar-refractivity contribution is 7.99. The van der Waals surface area contributed by atoms with Crippen LogP contribution in [0.25, 0.3) is 0 Å². The summed E-state index contributed by atoms with van der Waals surface area (Å²) in [6, 6.07) is 0.790. The molecular weight excluding hydrogens is 286 g/mol. The van der Waals surface area contributed by atoms with Gasteiger partial charge in [-0.25, -0.2) is 0 Å². The maximum Gasteiger partial charge on any atom is 0.323 e. The Morgan fingerprint density at radius 3 is 2.67 bits per heavy atom. The van der Waals surface area contributed by atoms with Crippen LogP contribution >= 0.6 is 11.8 Å². The van der Waals surface area contributed by atoms with Gasteiger partial charge in [-0.15, -0.1) is 0 Å². The van der Waals surface area contributed by atoms with E-state index in [-0.39, 0.29) is 6.10 Å². The lowest BCUT2D eigenvalue weighted by atomic mass is 10.2. The van der Waals surface area contributed by atoms with E-state index >= 15 is 0 Å². The minimum Gasteiger partial charge on any atom is -0.461 e. The lowest BCUT2D eigenvalue weighted by molar-refractivity contribution is 0.222. The Bertz CT molecular complexity index is 457. The molecule has 1 aromatic heterocycles. The van der Waals surface area contributed by atoms with Gasteiger partial charge in [-0.05, 0) is 32.4 Å². The number of thioether (sulfide) groups is 1. The van der Waals surface area contributed by atoms with Crippen molar-refractivity contribution in [1.29, 1.82) is 0 Å². The average molecular weight is 311 g/mol. The number of rotatable bonds is 7. The fourth-order valence-corrected chi connectivity index (χ4v) is 3.66. The summed E-state index contributed by atoms with van der Waals surface area (Å²) >= 11 is 2.01. The molecule has 2 atom stereocenters. The van der Waals surface area contributed by atoms with Crippen LogP contribution in [0, 0.1) is 0 Å². The zero-order chi connectivity index (χ0) is 15.2. The SMILES string of the molecule is CCSC1CCCC1Nc1nc(NC)nc(OC(C)C)n1. The topological polar surface area (TPSA) is 72.0 Å². The van der Waals surface area contributed by atoms with Crippen LogP contribution in [0.4, 0.5) is 11.9 Å². The predicted molar refractivity (Wildman–Crippen MR) is 88.3 cm³/mol. The van der Waals surface area contributed by atoms with Gasteiger partial charge in [0.05, 0.1) is 6.10 Å². The van der Waals surface area contributed by atoms with Gasteiger partial charge in [-0.1, -0.05) is 13.3 Å². The van der Waals surface area contributed by atoms with Crippen LogP contribution in [0.3, 0.4) is 0 Å². The van der Waals surface area contributed by atoms with Gasteiger partial charge in [0.25, 0.3) is 0 Å². The minimum absolute atomic E-state index is 0.0415. The Morgan fingerprint density at radius 2 is 2.00 bits per heavy atom. The van der Waals surface area contributed by atoms with Crippen molar-refractivity contribution in [2.75, 3.05) is 23.4 Å². The summed E-state index contributed by atoms with van der Waals surface area (Å²) in [6.45, 7) is 6.12. The second-order valence-electron chi connectivity index (χ2n) is 5.36. The van der Waals surface area contributed by atoms with Gasteiger partial charge in [0.1, 0.15) is 0 Å². The molecule has 2 unspecified atom stereocenters.